The molecule has 7 heteroatoms. The van der Waals surface area contributed by atoms with Crippen molar-refractivity contribution in [3.63, 3.8) is 0 Å². The van der Waals surface area contributed by atoms with Crippen LogP contribution in [0.5, 0.6) is 0 Å². The Labute approximate surface area is 153 Å². The number of piperazine rings is 1. The predicted octanol–water partition coefficient (Wildman–Crippen LogP) is 1.46. The van der Waals surface area contributed by atoms with E-state index in [0.29, 0.717) is 26.3 Å². The number of amides is 1. The summed E-state index contributed by atoms with van der Waals surface area (Å²) >= 11 is 0. The van der Waals surface area contributed by atoms with Crippen LogP contribution in [0.1, 0.15) is 0 Å². The second-order valence-corrected chi connectivity index (χ2v) is 6.06. The number of methoxy groups -OCH3 is 1. The molecule has 1 amide bonds. The van der Waals surface area contributed by atoms with Gasteiger partial charge in [0.05, 0.1) is 18.9 Å². The number of hydrogen-bond donors (Lipinski definition) is 0. The lowest BCUT2D eigenvalue weighted by atomic mass is 10.1. The van der Waals surface area contributed by atoms with Crippen LogP contribution in [-0.4, -0.2) is 74.1 Å². The SMILES string of the molecule is COCCOCC(=O)N1CCN(c2ccc(-c3ccccc3)nn2)CC1. The summed E-state index contributed by atoms with van der Waals surface area (Å²) in [6.07, 6.45) is 0. The van der Waals surface area contributed by atoms with E-state index in [1.165, 1.54) is 0 Å². The Morgan fingerprint density at radius 1 is 1.00 bits per heavy atom. The highest BCUT2D eigenvalue weighted by molar-refractivity contribution is 5.77. The van der Waals surface area contributed by atoms with E-state index in [9.17, 15) is 4.79 Å². The zero-order chi connectivity index (χ0) is 18.2. The van der Waals surface area contributed by atoms with Crippen molar-refractivity contribution in [2.75, 3.05) is 58.0 Å². The maximum Gasteiger partial charge on any atom is 0.248 e. The summed E-state index contributed by atoms with van der Waals surface area (Å²) < 4.78 is 10.2. The largest absolute Gasteiger partial charge is 0.382 e. The van der Waals surface area contributed by atoms with Gasteiger partial charge in [0, 0.05) is 38.9 Å². The maximum absolute atomic E-state index is 12.1. The van der Waals surface area contributed by atoms with Gasteiger partial charge in [0.25, 0.3) is 0 Å². The van der Waals surface area contributed by atoms with Gasteiger partial charge in [0.15, 0.2) is 5.82 Å². The lowest BCUT2D eigenvalue weighted by Gasteiger charge is -2.35. The van der Waals surface area contributed by atoms with Crippen molar-refractivity contribution in [3.8, 4) is 11.3 Å². The van der Waals surface area contributed by atoms with Gasteiger partial charge in [-0.25, -0.2) is 0 Å². The van der Waals surface area contributed by atoms with Crippen LogP contribution in [0.15, 0.2) is 42.5 Å². The van der Waals surface area contributed by atoms with Gasteiger partial charge < -0.3 is 19.3 Å². The molecular weight excluding hydrogens is 332 g/mol. The van der Waals surface area contributed by atoms with E-state index in [1.807, 2.05) is 47.4 Å². The Balaban J connectivity index is 1.49. The molecule has 0 aliphatic carbocycles. The van der Waals surface area contributed by atoms with Crippen molar-refractivity contribution >= 4 is 11.7 Å². The molecule has 0 atom stereocenters. The molecule has 2 aromatic rings. The van der Waals surface area contributed by atoms with Crippen molar-refractivity contribution in [2.24, 2.45) is 0 Å². The topological polar surface area (TPSA) is 67.8 Å². The quantitative estimate of drug-likeness (QED) is 0.700. The second-order valence-electron chi connectivity index (χ2n) is 6.06. The normalized spacial score (nSPS) is 14.5. The van der Waals surface area contributed by atoms with E-state index in [0.717, 1.165) is 30.2 Å². The van der Waals surface area contributed by atoms with Gasteiger partial charge >= 0.3 is 0 Å². The van der Waals surface area contributed by atoms with Crippen LogP contribution in [-0.2, 0) is 14.3 Å². The van der Waals surface area contributed by atoms with Crippen LogP contribution >= 0.6 is 0 Å². The molecule has 2 heterocycles. The van der Waals surface area contributed by atoms with Crippen LogP contribution in [0, 0.1) is 0 Å². The molecule has 0 spiro atoms. The molecule has 26 heavy (non-hydrogen) atoms. The first-order valence-electron chi connectivity index (χ1n) is 8.76. The van der Waals surface area contributed by atoms with Crippen LogP contribution in [0.3, 0.4) is 0 Å². The average molecular weight is 356 g/mol. The molecule has 0 N–H and O–H groups in total. The minimum atomic E-state index is 0.0197. The van der Waals surface area contributed by atoms with Crippen molar-refractivity contribution < 1.29 is 14.3 Å². The summed E-state index contributed by atoms with van der Waals surface area (Å²) in [5.74, 6) is 0.861. The van der Waals surface area contributed by atoms with E-state index in [1.54, 1.807) is 7.11 Å². The Bertz CT molecular complexity index is 686. The number of rotatable bonds is 7. The lowest BCUT2D eigenvalue weighted by molar-refractivity contribution is -0.136. The first-order chi connectivity index (χ1) is 12.8. The Kier molecular flexibility index (Phi) is 6.51. The fourth-order valence-electron chi connectivity index (χ4n) is 2.83. The zero-order valence-corrected chi connectivity index (χ0v) is 15.0. The van der Waals surface area contributed by atoms with Crippen LogP contribution in [0.4, 0.5) is 5.82 Å². The highest BCUT2D eigenvalue weighted by Gasteiger charge is 2.22. The third-order valence-electron chi connectivity index (χ3n) is 4.33. The average Bonchev–Trinajstić information content (AvgIpc) is 2.72. The van der Waals surface area contributed by atoms with E-state index in [2.05, 4.69) is 15.1 Å². The smallest absolute Gasteiger partial charge is 0.248 e. The predicted molar refractivity (Wildman–Crippen MR) is 99.0 cm³/mol. The molecule has 0 saturated carbocycles. The highest BCUT2D eigenvalue weighted by atomic mass is 16.5. The number of aromatic nitrogens is 2. The first kappa shape index (κ1) is 18.3. The molecule has 1 saturated heterocycles. The third-order valence-corrected chi connectivity index (χ3v) is 4.33. The van der Waals surface area contributed by atoms with Gasteiger partial charge in [0.2, 0.25) is 5.91 Å². The van der Waals surface area contributed by atoms with Crippen molar-refractivity contribution in [2.45, 2.75) is 0 Å². The van der Waals surface area contributed by atoms with Gasteiger partial charge in [-0.15, -0.1) is 10.2 Å². The molecule has 0 bridgehead atoms. The molecule has 1 aliphatic heterocycles. The summed E-state index contributed by atoms with van der Waals surface area (Å²) in [7, 11) is 1.61. The minimum Gasteiger partial charge on any atom is -0.382 e. The van der Waals surface area contributed by atoms with E-state index >= 15 is 0 Å². The van der Waals surface area contributed by atoms with Crippen molar-refractivity contribution in [1.82, 2.24) is 15.1 Å². The number of benzene rings is 1. The summed E-state index contributed by atoms with van der Waals surface area (Å²) in [6.45, 7) is 3.84. The Morgan fingerprint density at radius 2 is 1.77 bits per heavy atom. The Hall–Kier alpha value is -2.51. The summed E-state index contributed by atoms with van der Waals surface area (Å²) in [5.41, 5.74) is 1.91. The number of hydrogen-bond acceptors (Lipinski definition) is 6. The molecule has 0 unspecified atom stereocenters. The van der Waals surface area contributed by atoms with E-state index in [4.69, 9.17) is 9.47 Å². The molecule has 138 valence electrons. The maximum atomic E-state index is 12.1. The third kappa shape index (κ3) is 4.77. The number of anilines is 1. The monoisotopic (exact) mass is 356 g/mol. The molecule has 0 radical (unpaired) electrons. The molecule has 3 rings (SSSR count). The fourth-order valence-corrected chi connectivity index (χ4v) is 2.83. The van der Waals surface area contributed by atoms with Gasteiger partial charge in [-0.05, 0) is 12.1 Å². The molecular formula is C19H24N4O3. The zero-order valence-electron chi connectivity index (χ0n) is 15.0. The van der Waals surface area contributed by atoms with Gasteiger partial charge in [-0.1, -0.05) is 30.3 Å². The molecule has 1 fully saturated rings. The molecule has 1 aromatic carbocycles. The number of carbonyl (C=O) groups excluding carboxylic acids is 1. The van der Waals surface area contributed by atoms with E-state index in [-0.39, 0.29) is 12.5 Å². The van der Waals surface area contributed by atoms with Crippen molar-refractivity contribution in [1.29, 1.82) is 0 Å². The van der Waals surface area contributed by atoms with Crippen molar-refractivity contribution in [3.05, 3.63) is 42.5 Å². The molecule has 7 nitrogen and oxygen atoms in total. The van der Waals surface area contributed by atoms with Crippen LogP contribution in [0.2, 0.25) is 0 Å². The number of ether oxygens (including phenoxy) is 2. The second kappa shape index (κ2) is 9.26. The minimum absolute atomic E-state index is 0.0197. The van der Waals surface area contributed by atoms with Gasteiger partial charge in [-0.3, -0.25) is 4.79 Å². The van der Waals surface area contributed by atoms with Gasteiger partial charge in [0.1, 0.15) is 6.61 Å². The molecule has 1 aromatic heterocycles. The van der Waals surface area contributed by atoms with E-state index < -0.39 is 0 Å². The van der Waals surface area contributed by atoms with Crippen LogP contribution < -0.4 is 4.90 Å². The standard InChI is InChI=1S/C19H24N4O3/c1-25-13-14-26-15-19(24)23-11-9-22(10-12-23)18-8-7-17(20-21-18)16-5-3-2-4-6-16/h2-8H,9-15H2,1H3. The summed E-state index contributed by atoms with van der Waals surface area (Å²) in [4.78, 5) is 16.1. The highest BCUT2D eigenvalue weighted by Crippen LogP contribution is 2.19. The Morgan fingerprint density at radius 3 is 2.42 bits per heavy atom. The molecule has 1 aliphatic rings. The number of carbonyl (C=O) groups is 1. The first-order valence-corrected chi connectivity index (χ1v) is 8.76. The lowest BCUT2D eigenvalue weighted by Crippen LogP contribution is -2.50. The van der Waals surface area contributed by atoms with Gasteiger partial charge in [-0.2, -0.15) is 0 Å². The summed E-state index contributed by atoms with van der Waals surface area (Å²) in [5, 5.41) is 8.68. The van der Waals surface area contributed by atoms with Crippen LogP contribution in [0.25, 0.3) is 11.3 Å². The fraction of sp³-hybridized carbons (Fsp3) is 0.421. The number of nitrogens with zero attached hydrogens (tertiary/aromatic N) is 4. The summed E-state index contributed by atoms with van der Waals surface area (Å²) in [6, 6.07) is 14.0.